The summed E-state index contributed by atoms with van der Waals surface area (Å²) in [5.74, 6) is -2.81. The van der Waals surface area contributed by atoms with Gasteiger partial charge in [0.1, 0.15) is 11.6 Å². The second-order valence-electron chi connectivity index (χ2n) is 10.2. The predicted molar refractivity (Wildman–Crippen MR) is 143 cm³/mol. The molecule has 5 atom stereocenters. The third kappa shape index (κ3) is 3.47. The number of aliphatic hydroxyl groups excluding tert-OH is 1. The van der Waals surface area contributed by atoms with Gasteiger partial charge in [-0.3, -0.25) is 14.4 Å². The fourth-order valence-electron chi connectivity index (χ4n) is 6.60. The Morgan fingerprint density at radius 1 is 0.895 bits per heavy atom. The van der Waals surface area contributed by atoms with E-state index in [9.17, 15) is 19.5 Å². The molecule has 4 heterocycles. The number of hydrogen-bond donors (Lipinski definition) is 1. The van der Waals surface area contributed by atoms with Gasteiger partial charge in [-0.1, -0.05) is 66.2 Å². The van der Waals surface area contributed by atoms with E-state index in [4.69, 9.17) is 16.3 Å². The Bertz CT molecular complexity index is 1360. The first-order chi connectivity index (χ1) is 18.3. The van der Waals surface area contributed by atoms with Gasteiger partial charge >= 0.3 is 0 Å². The Morgan fingerprint density at radius 3 is 2.32 bits per heavy atom. The van der Waals surface area contributed by atoms with Crippen molar-refractivity contribution in [3.8, 4) is 0 Å². The second-order valence-corrected chi connectivity index (χ2v) is 10.6. The number of fused-ring (bicyclic) bond motifs is 2. The lowest BCUT2D eigenvalue weighted by molar-refractivity contribution is -0.144. The van der Waals surface area contributed by atoms with Crippen LogP contribution in [0.1, 0.15) is 6.92 Å². The highest BCUT2D eigenvalue weighted by atomic mass is 35.5. The van der Waals surface area contributed by atoms with Gasteiger partial charge in [-0.15, -0.1) is 0 Å². The van der Waals surface area contributed by atoms with Crippen LogP contribution in [0.2, 0.25) is 5.02 Å². The molecule has 2 fully saturated rings. The maximum Gasteiger partial charge on any atom is 0.253 e. The number of nitrogens with zero attached hydrogens (tertiary/aromatic N) is 3. The highest BCUT2D eigenvalue weighted by molar-refractivity contribution is 6.34. The van der Waals surface area contributed by atoms with Crippen LogP contribution >= 0.6 is 11.6 Å². The average molecular weight is 534 g/mol. The molecular weight excluding hydrogens is 506 g/mol. The van der Waals surface area contributed by atoms with Crippen molar-refractivity contribution in [2.45, 2.75) is 24.2 Å². The third-order valence-corrected chi connectivity index (χ3v) is 8.43. The number of carbonyl (C=O) groups excluding carboxylic acids is 3. The van der Waals surface area contributed by atoms with Gasteiger partial charge in [0.25, 0.3) is 5.91 Å². The molecule has 8 nitrogen and oxygen atoms in total. The number of benzene rings is 2. The van der Waals surface area contributed by atoms with Crippen molar-refractivity contribution < 1.29 is 24.2 Å². The first-order valence-electron chi connectivity index (χ1n) is 12.7. The number of rotatable bonds is 4. The van der Waals surface area contributed by atoms with Gasteiger partial charge in [0, 0.05) is 25.3 Å². The molecule has 9 heteroatoms. The van der Waals surface area contributed by atoms with Crippen molar-refractivity contribution >= 4 is 40.7 Å². The summed E-state index contributed by atoms with van der Waals surface area (Å²) in [7, 11) is 0. The van der Waals surface area contributed by atoms with Crippen LogP contribution in [0.25, 0.3) is 0 Å². The van der Waals surface area contributed by atoms with Crippen LogP contribution in [-0.2, 0) is 19.1 Å². The number of ether oxygens (including phenoxy) is 1. The minimum absolute atomic E-state index is 0.0586. The number of hydrogen-bond acceptors (Lipinski definition) is 5. The third-order valence-electron chi connectivity index (χ3n) is 8.11. The van der Waals surface area contributed by atoms with Crippen LogP contribution in [0.3, 0.4) is 0 Å². The van der Waals surface area contributed by atoms with E-state index in [1.165, 1.54) is 9.80 Å². The Balaban J connectivity index is 1.48. The van der Waals surface area contributed by atoms with Crippen molar-refractivity contribution in [2.75, 3.05) is 36.0 Å². The van der Waals surface area contributed by atoms with E-state index in [-0.39, 0.29) is 37.4 Å². The zero-order chi connectivity index (χ0) is 26.7. The minimum Gasteiger partial charge on any atom is -0.395 e. The lowest BCUT2D eigenvalue weighted by atomic mass is 9.74. The summed E-state index contributed by atoms with van der Waals surface area (Å²) in [5.41, 5.74) is -1.27. The second kappa shape index (κ2) is 9.08. The standard InChI is InChI=1S/C29H28ClN3O5/c1-28-13-7-15-31(19-9-3-2-4-10-19)25(35)22(28)23-26(36)33(17-18-34)24-27(37)32(16-8-14-29(23,24)38-28)21-12-6-5-11-20(21)30/h2-14,22-24,34H,15-18H2,1H3/t22-,23+,24?,28+,29+/m1/s1. The molecule has 1 spiro atoms. The van der Waals surface area contributed by atoms with Crippen LogP contribution in [-0.4, -0.2) is 71.2 Å². The molecule has 1 unspecified atom stereocenters. The molecule has 196 valence electrons. The summed E-state index contributed by atoms with van der Waals surface area (Å²) >= 11 is 6.46. The summed E-state index contributed by atoms with van der Waals surface area (Å²) in [6, 6.07) is 15.3. The molecule has 3 amide bonds. The molecule has 4 aliphatic heterocycles. The summed E-state index contributed by atoms with van der Waals surface area (Å²) in [5, 5.41) is 10.3. The molecule has 1 N–H and O–H groups in total. The number of likely N-dealkylation sites (tertiary alicyclic amines) is 1. The summed E-state index contributed by atoms with van der Waals surface area (Å²) in [6.45, 7) is 1.98. The molecule has 6 rings (SSSR count). The minimum atomic E-state index is -1.39. The number of halogens is 1. The number of amides is 3. The van der Waals surface area contributed by atoms with E-state index >= 15 is 0 Å². The van der Waals surface area contributed by atoms with Gasteiger partial charge < -0.3 is 24.5 Å². The zero-order valence-corrected chi connectivity index (χ0v) is 21.6. The van der Waals surface area contributed by atoms with Crippen LogP contribution < -0.4 is 9.80 Å². The molecule has 0 aromatic heterocycles. The van der Waals surface area contributed by atoms with Gasteiger partial charge in [-0.05, 0) is 31.2 Å². The number of β-amino-alcohol motifs (C(OH)–C–C–N with tert-alkyl or cyclic N) is 1. The molecule has 2 aromatic rings. The topological polar surface area (TPSA) is 90.4 Å². The van der Waals surface area contributed by atoms with E-state index in [1.54, 1.807) is 35.2 Å². The fourth-order valence-corrected chi connectivity index (χ4v) is 6.83. The maximum atomic E-state index is 14.3. The van der Waals surface area contributed by atoms with Crippen LogP contribution in [0, 0.1) is 11.8 Å². The monoisotopic (exact) mass is 533 g/mol. The van der Waals surface area contributed by atoms with E-state index in [1.807, 2.05) is 55.5 Å². The molecule has 0 radical (unpaired) electrons. The Kier molecular flexibility index (Phi) is 5.94. The smallest absolute Gasteiger partial charge is 0.253 e. The molecule has 0 bridgehead atoms. The quantitative estimate of drug-likeness (QED) is 0.610. The van der Waals surface area contributed by atoms with Crippen LogP contribution in [0.15, 0.2) is 78.9 Å². The van der Waals surface area contributed by atoms with E-state index < -0.39 is 29.1 Å². The van der Waals surface area contributed by atoms with Crippen molar-refractivity contribution in [3.05, 3.63) is 83.9 Å². The van der Waals surface area contributed by atoms with Crippen molar-refractivity contribution in [1.82, 2.24) is 4.90 Å². The van der Waals surface area contributed by atoms with Crippen molar-refractivity contribution in [1.29, 1.82) is 0 Å². The van der Waals surface area contributed by atoms with Crippen LogP contribution in [0.5, 0.6) is 0 Å². The molecule has 4 aliphatic rings. The Morgan fingerprint density at radius 2 is 1.58 bits per heavy atom. The SMILES string of the molecule is C[C@]12C=CCN(c3ccccc3)C(=O)[C@H]1[C@H]1C(=O)N(CCO)C3C(=O)N(c4ccccc4Cl)CC=C[C@@]31O2. The summed E-state index contributed by atoms with van der Waals surface area (Å²) < 4.78 is 6.77. The van der Waals surface area contributed by atoms with Crippen molar-refractivity contribution in [2.24, 2.45) is 11.8 Å². The average Bonchev–Trinajstić information content (AvgIpc) is 3.16. The molecule has 2 saturated heterocycles. The first kappa shape index (κ1) is 24.9. The lowest BCUT2D eigenvalue weighted by Gasteiger charge is -2.37. The number of carbonyl (C=O) groups is 3. The van der Waals surface area contributed by atoms with Gasteiger partial charge in [-0.25, -0.2) is 0 Å². The Labute approximate surface area is 225 Å². The predicted octanol–water partition coefficient (Wildman–Crippen LogP) is 2.81. The molecule has 0 saturated carbocycles. The van der Waals surface area contributed by atoms with Gasteiger partial charge in [0.15, 0.2) is 0 Å². The lowest BCUT2D eigenvalue weighted by Crippen LogP contribution is -2.56. The van der Waals surface area contributed by atoms with Gasteiger partial charge in [-0.2, -0.15) is 0 Å². The number of aliphatic hydroxyl groups is 1. The summed E-state index contributed by atoms with van der Waals surface area (Å²) in [4.78, 5) is 47.1. The van der Waals surface area contributed by atoms with E-state index in [2.05, 4.69) is 0 Å². The van der Waals surface area contributed by atoms with E-state index in [0.717, 1.165) is 5.69 Å². The largest absolute Gasteiger partial charge is 0.395 e. The Hall–Kier alpha value is -3.46. The van der Waals surface area contributed by atoms with E-state index in [0.29, 0.717) is 17.3 Å². The van der Waals surface area contributed by atoms with Gasteiger partial charge in [0.2, 0.25) is 11.8 Å². The fraction of sp³-hybridized carbons (Fsp3) is 0.345. The van der Waals surface area contributed by atoms with Crippen molar-refractivity contribution in [3.63, 3.8) is 0 Å². The van der Waals surface area contributed by atoms with Crippen LogP contribution in [0.4, 0.5) is 11.4 Å². The highest BCUT2D eigenvalue weighted by Gasteiger charge is 2.74. The maximum absolute atomic E-state index is 14.3. The highest BCUT2D eigenvalue weighted by Crippen LogP contribution is 2.57. The molecular formula is C29H28ClN3O5. The normalized spacial score (nSPS) is 32.2. The number of para-hydroxylation sites is 2. The molecule has 2 aromatic carbocycles. The number of anilines is 2. The summed E-state index contributed by atoms with van der Waals surface area (Å²) in [6.07, 6.45) is 7.31. The zero-order valence-electron chi connectivity index (χ0n) is 20.9. The first-order valence-corrected chi connectivity index (χ1v) is 13.1. The molecule has 38 heavy (non-hydrogen) atoms. The van der Waals surface area contributed by atoms with Gasteiger partial charge in [0.05, 0.1) is 34.8 Å². The molecule has 0 aliphatic carbocycles.